The highest BCUT2D eigenvalue weighted by Crippen LogP contribution is 2.56. The van der Waals surface area contributed by atoms with Gasteiger partial charge in [-0.3, -0.25) is 9.80 Å². The molecule has 43 heavy (non-hydrogen) atoms. The summed E-state index contributed by atoms with van der Waals surface area (Å²) in [4.78, 5) is 16.4. The van der Waals surface area contributed by atoms with E-state index < -0.39 is 0 Å². The molecule has 2 aromatic heterocycles. The van der Waals surface area contributed by atoms with Crippen LogP contribution in [0.2, 0.25) is 0 Å². The fraction of sp³-hybridized carbons (Fsp3) is 0.432. The number of thioether (sulfide) groups is 1. The summed E-state index contributed by atoms with van der Waals surface area (Å²) in [5.41, 5.74) is 10.9. The van der Waals surface area contributed by atoms with Crippen LogP contribution in [0, 0.1) is 0 Å². The van der Waals surface area contributed by atoms with Crippen molar-refractivity contribution >= 4 is 28.5 Å². The average Bonchev–Trinajstić information content (AvgIpc) is 3.69. The highest BCUT2D eigenvalue weighted by molar-refractivity contribution is 7.99. The minimum absolute atomic E-state index is 0.107. The lowest BCUT2D eigenvalue weighted by atomic mass is 9.77. The van der Waals surface area contributed by atoms with E-state index in [0.29, 0.717) is 0 Å². The van der Waals surface area contributed by atoms with Crippen molar-refractivity contribution in [3.63, 3.8) is 0 Å². The smallest absolute Gasteiger partial charge is 0.138 e. The van der Waals surface area contributed by atoms with Crippen LogP contribution in [-0.2, 0) is 12.0 Å². The molecule has 0 aliphatic carbocycles. The summed E-state index contributed by atoms with van der Waals surface area (Å²) in [7, 11) is 2.17. The summed E-state index contributed by atoms with van der Waals surface area (Å²) in [6.45, 7) is 17.1. The third kappa shape index (κ3) is 4.83. The van der Waals surface area contributed by atoms with Crippen LogP contribution >= 0.6 is 11.8 Å². The van der Waals surface area contributed by atoms with E-state index in [1.807, 2.05) is 11.8 Å². The third-order valence-electron chi connectivity index (χ3n) is 10.4. The van der Waals surface area contributed by atoms with Gasteiger partial charge in [0.25, 0.3) is 0 Å². The number of rotatable bonds is 5. The van der Waals surface area contributed by atoms with Crippen molar-refractivity contribution in [3.05, 3.63) is 84.2 Å². The van der Waals surface area contributed by atoms with Crippen LogP contribution in [0.1, 0.15) is 51.2 Å². The molecular weight excluding hydrogens is 547 g/mol. The lowest BCUT2D eigenvalue weighted by Crippen LogP contribution is -2.42. The Labute approximate surface area is 261 Å². The monoisotopic (exact) mass is 591 g/mol. The number of nitrogens with zero attached hydrogens (tertiary/aromatic N) is 4. The topological polar surface area (TPSA) is 38.4 Å². The number of benzene rings is 2. The Hall–Kier alpha value is -3.06. The van der Waals surface area contributed by atoms with E-state index >= 15 is 0 Å². The second-order valence-corrected chi connectivity index (χ2v) is 15.0. The van der Waals surface area contributed by atoms with Crippen molar-refractivity contribution in [1.29, 1.82) is 0 Å². The van der Waals surface area contributed by atoms with Crippen molar-refractivity contribution in [3.8, 4) is 22.4 Å². The molecule has 5 nitrogen and oxygen atoms in total. The van der Waals surface area contributed by atoms with Gasteiger partial charge in [-0.1, -0.05) is 61.2 Å². The van der Waals surface area contributed by atoms with Crippen LogP contribution in [0.15, 0.2) is 73.1 Å². The van der Waals surface area contributed by atoms with E-state index in [4.69, 9.17) is 11.6 Å². The summed E-state index contributed by atoms with van der Waals surface area (Å²) >= 11 is 2.02. The molecule has 2 fully saturated rings. The lowest BCUT2D eigenvalue weighted by Gasteiger charge is -2.34. The largest absolute Gasteiger partial charge is 0.346 e. The van der Waals surface area contributed by atoms with Gasteiger partial charge in [0.1, 0.15) is 5.65 Å². The molecule has 0 radical (unpaired) electrons. The molecule has 5 heterocycles. The lowest BCUT2D eigenvalue weighted by molar-refractivity contribution is 0.167. The van der Waals surface area contributed by atoms with Crippen molar-refractivity contribution in [1.82, 2.24) is 19.8 Å². The molecule has 0 amide bonds. The maximum atomic E-state index is 5.04. The number of aromatic nitrogens is 2. The number of pyridine rings is 1. The Morgan fingerprint density at radius 1 is 1.00 bits per heavy atom. The van der Waals surface area contributed by atoms with Gasteiger partial charge in [-0.15, -0.1) is 0 Å². The standard InChI is InChI=1S/C37H45N5S/c1-25-37(18-21-42(24-37)36(2,3)4)33-30(40(25)5)22-38-35-32(33)31(27-10-8-7-9-11-27)34(39-35)28-14-12-26(13-15-28)23-41-19-16-29(43-6)17-20-41/h7-15,22,29H,1,16-21,23-24H2,2-6H3,(H,38,39). The van der Waals surface area contributed by atoms with E-state index in [9.17, 15) is 0 Å². The second kappa shape index (κ2) is 10.8. The van der Waals surface area contributed by atoms with Crippen LogP contribution in [0.3, 0.4) is 0 Å². The highest BCUT2D eigenvalue weighted by atomic mass is 32.2. The van der Waals surface area contributed by atoms with E-state index in [-0.39, 0.29) is 11.0 Å². The normalized spacial score (nSPS) is 21.9. The number of H-pyrrole nitrogens is 1. The summed E-state index contributed by atoms with van der Waals surface area (Å²) < 4.78 is 0. The molecule has 3 aliphatic heterocycles. The third-order valence-corrected chi connectivity index (χ3v) is 11.5. The molecule has 1 spiro atoms. The van der Waals surface area contributed by atoms with E-state index in [2.05, 4.69) is 115 Å². The number of nitrogens with one attached hydrogen (secondary N) is 1. The zero-order chi connectivity index (χ0) is 29.9. The maximum Gasteiger partial charge on any atom is 0.138 e. The first-order valence-electron chi connectivity index (χ1n) is 15.8. The van der Waals surface area contributed by atoms with E-state index in [1.54, 1.807) is 0 Å². The summed E-state index contributed by atoms with van der Waals surface area (Å²) in [5.74, 6) is 0. The number of piperidine rings is 1. The zero-order valence-corrected chi connectivity index (χ0v) is 27.2. The number of anilines is 1. The first-order valence-corrected chi connectivity index (χ1v) is 17.1. The van der Waals surface area contributed by atoms with E-state index in [1.165, 1.54) is 70.5 Å². The molecule has 2 aromatic carbocycles. The fourth-order valence-electron chi connectivity index (χ4n) is 7.76. The second-order valence-electron chi connectivity index (χ2n) is 13.8. The number of fused-ring (bicyclic) bond motifs is 4. The SMILES string of the molecule is C=C1N(C)c2cnc3[nH]c(-c4ccc(CN5CCC(SC)CC5)cc4)c(-c4ccccc4)c3c2C12CCN(C(C)(C)C)C2. The van der Waals surface area contributed by atoms with Gasteiger partial charge in [-0.25, -0.2) is 4.98 Å². The fourth-order valence-corrected chi connectivity index (χ4v) is 8.45. The first-order chi connectivity index (χ1) is 20.7. The molecule has 1 unspecified atom stereocenters. The minimum Gasteiger partial charge on any atom is -0.346 e. The van der Waals surface area contributed by atoms with Gasteiger partial charge in [-0.2, -0.15) is 11.8 Å². The van der Waals surface area contributed by atoms with Gasteiger partial charge in [0.05, 0.1) is 23.0 Å². The molecule has 1 atom stereocenters. The number of hydrogen-bond acceptors (Lipinski definition) is 5. The first kappa shape index (κ1) is 28.7. The zero-order valence-electron chi connectivity index (χ0n) is 26.4. The van der Waals surface area contributed by atoms with Crippen molar-refractivity contribution < 1.29 is 0 Å². The molecule has 3 aliphatic rings. The quantitative estimate of drug-likeness (QED) is 0.255. The van der Waals surface area contributed by atoms with Crippen molar-refractivity contribution in [2.75, 3.05) is 44.4 Å². The predicted octanol–water partition coefficient (Wildman–Crippen LogP) is 7.93. The van der Waals surface area contributed by atoms with Gasteiger partial charge >= 0.3 is 0 Å². The number of likely N-dealkylation sites (N-methyl/N-ethyl adjacent to an activating group) is 1. The Morgan fingerprint density at radius 2 is 1.72 bits per heavy atom. The number of hydrogen-bond donors (Lipinski definition) is 1. The Balaban J connectivity index is 1.34. The van der Waals surface area contributed by atoms with Crippen molar-refractivity contribution in [2.45, 2.75) is 62.8 Å². The number of likely N-dealkylation sites (tertiary alicyclic amines) is 2. The van der Waals surface area contributed by atoms with Gasteiger partial charge in [-0.05, 0) is 82.6 Å². The molecule has 1 N–H and O–H groups in total. The van der Waals surface area contributed by atoms with Crippen LogP contribution in [-0.4, -0.2) is 70.0 Å². The average molecular weight is 592 g/mol. The van der Waals surface area contributed by atoms with Gasteiger partial charge in [0.15, 0.2) is 0 Å². The van der Waals surface area contributed by atoms with Crippen LogP contribution < -0.4 is 4.90 Å². The van der Waals surface area contributed by atoms with Gasteiger partial charge in [0, 0.05) is 53.1 Å². The highest BCUT2D eigenvalue weighted by Gasteiger charge is 2.52. The van der Waals surface area contributed by atoms with Gasteiger partial charge in [0.2, 0.25) is 0 Å². The predicted molar refractivity (Wildman–Crippen MR) is 184 cm³/mol. The van der Waals surface area contributed by atoms with Crippen LogP contribution in [0.4, 0.5) is 5.69 Å². The minimum atomic E-state index is -0.130. The summed E-state index contributed by atoms with van der Waals surface area (Å²) in [5, 5.41) is 2.07. The van der Waals surface area contributed by atoms with Crippen LogP contribution in [0.5, 0.6) is 0 Å². The molecule has 2 saturated heterocycles. The molecule has 224 valence electrons. The molecule has 6 heteroatoms. The molecule has 0 bridgehead atoms. The summed E-state index contributed by atoms with van der Waals surface area (Å²) in [6, 6.07) is 20.1. The number of aromatic amines is 1. The van der Waals surface area contributed by atoms with Crippen LogP contribution in [0.25, 0.3) is 33.4 Å². The van der Waals surface area contributed by atoms with Crippen molar-refractivity contribution in [2.24, 2.45) is 0 Å². The molecule has 7 rings (SSSR count). The molecular formula is C37H45N5S. The molecule has 4 aromatic rings. The van der Waals surface area contributed by atoms with Gasteiger partial charge < -0.3 is 9.88 Å². The molecule has 0 saturated carbocycles. The van der Waals surface area contributed by atoms with E-state index in [0.717, 1.165) is 42.6 Å². The Kier molecular flexibility index (Phi) is 7.23. The Bertz CT molecular complexity index is 1640. The summed E-state index contributed by atoms with van der Waals surface area (Å²) in [6.07, 6.45) is 7.97. The Morgan fingerprint density at radius 3 is 2.37 bits per heavy atom. The maximum absolute atomic E-state index is 5.04.